The zero-order valence-electron chi connectivity index (χ0n) is 10.9. The third-order valence-corrected chi connectivity index (χ3v) is 3.57. The number of carbonyl (C=O) groups excluding carboxylic acids is 1. The lowest BCUT2D eigenvalue weighted by atomic mass is 10.1. The summed E-state index contributed by atoms with van der Waals surface area (Å²) >= 11 is 3.18. The summed E-state index contributed by atoms with van der Waals surface area (Å²) in [7, 11) is 1.60. The van der Waals surface area contributed by atoms with E-state index in [4.69, 9.17) is 13.6 Å². The molecule has 0 N–H and O–H groups in total. The van der Waals surface area contributed by atoms with E-state index in [1.54, 1.807) is 31.4 Å². The molecule has 0 atom stereocenters. The van der Waals surface area contributed by atoms with Gasteiger partial charge in [0, 0.05) is 10.9 Å². The summed E-state index contributed by atoms with van der Waals surface area (Å²) in [6, 6.07) is 8.72. The summed E-state index contributed by atoms with van der Waals surface area (Å²) in [5, 5.41) is 0.860. The maximum atomic E-state index is 12.4. The molecular formula is C15H11BrO4. The van der Waals surface area contributed by atoms with Crippen molar-refractivity contribution in [1.29, 1.82) is 0 Å². The van der Waals surface area contributed by atoms with Crippen molar-refractivity contribution in [3.63, 3.8) is 0 Å². The van der Waals surface area contributed by atoms with Crippen LogP contribution in [0.25, 0.3) is 11.0 Å². The van der Waals surface area contributed by atoms with E-state index < -0.39 is 0 Å². The minimum Gasteiger partial charge on any atom is -0.497 e. The lowest BCUT2D eigenvalue weighted by Gasteiger charge is -1.97. The van der Waals surface area contributed by atoms with Crippen LogP contribution in [0.15, 0.2) is 43.8 Å². The number of hydrogen-bond donors (Lipinski definition) is 0. The van der Waals surface area contributed by atoms with E-state index in [1.807, 2.05) is 13.0 Å². The molecule has 0 spiro atoms. The highest BCUT2D eigenvalue weighted by Gasteiger charge is 2.22. The number of ether oxygens (including phenoxy) is 1. The number of fused-ring (bicyclic) bond motifs is 1. The molecule has 2 heterocycles. The molecular weight excluding hydrogens is 324 g/mol. The van der Waals surface area contributed by atoms with Crippen molar-refractivity contribution in [2.24, 2.45) is 0 Å². The molecule has 0 aliphatic heterocycles. The number of methoxy groups -OCH3 is 1. The molecule has 20 heavy (non-hydrogen) atoms. The van der Waals surface area contributed by atoms with E-state index in [9.17, 15) is 4.79 Å². The number of aryl methyl sites for hydroxylation is 1. The van der Waals surface area contributed by atoms with E-state index >= 15 is 0 Å². The van der Waals surface area contributed by atoms with Crippen LogP contribution in [0.5, 0.6) is 5.75 Å². The van der Waals surface area contributed by atoms with E-state index in [-0.39, 0.29) is 17.3 Å². The molecule has 102 valence electrons. The summed E-state index contributed by atoms with van der Waals surface area (Å²) in [5.41, 5.74) is 1.42. The quantitative estimate of drug-likeness (QED) is 0.668. The Morgan fingerprint density at radius 3 is 2.65 bits per heavy atom. The molecule has 0 saturated carbocycles. The number of hydrogen-bond acceptors (Lipinski definition) is 4. The molecule has 0 fully saturated rings. The van der Waals surface area contributed by atoms with Crippen LogP contribution in [-0.4, -0.2) is 12.9 Å². The predicted octanol–water partition coefficient (Wildman–Crippen LogP) is 4.34. The summed E-state index contributed by atoms with van der Waals surface area (Å²) < 4.78 is 16.6. The van der Waals surface area contributed by atoms with Crippen molar-refractivity contribution >= 4 is 32.7 Å². The highest BCUT2D eigenvalue weighted by Crippen LogP contribution is 2.30. The highest BCUT2D eigenvalue weighted by atomic mass is 79.9. The molecule has 0 aliphatic rings. The average molecular weight is 335 g/mol. The van der Waals surface area contributed by atoms with Gasteiger partial charge < -0.3 is 13.6 Å². The minimum atomic E-state index is -0.275. The first kappa shape index (κ1) is 13.0. The fourth-order valence-electron chi connectivity index (χ4n) is 2.09. The maximum absolute atomic E-state index is 12.4. The Morgan fingerprint density at radius 1 is 1.20 bits per heavy atom. The first-order chi connectivity index (χ1) is 9.60. The number of carbonyl (C=O) groups is 1. The van der Waals surface area contributed by atoms with Gasteiger partial charge in [0.15, 0.2) is 16.2 Å². The lowest BCUT2D eigenvalue weighted by molar-refractivity contribution is 0.0983. The van der Waals surface area contributed by atoms with Crippen molar-refractivity contribution in [2.45, 2.75) is 6.92 Å². The average Bonchev–Trinajstić information content (AvgIpc) is 3.02. The maximum Gasteiger partial charge on any atom is 0.263 e. The summed E-state index contributed by atoms with van der Waals surface area (Å²) in [6.07, 6.45) is 0. The molecule has 0 aliphatic carbocycles. The highest BCUT2D eigenvalue weighted by molar-refractivity contribution is 9.10. The second-order valence-electron chi connectivity index (χ2n) is 4.35. The first-order valence-electron chi connectivity index (χ1n) is 5.97. The standard InChI is InChI=1S/C15H11BrO4/c1-8-10-7-9(18-2)3-4-11(10)20-15(8)14(17)12-5-6-13(16)19-12/h3-7H,1-2H3. The van der Waals surface area contributed by atoms with Crippen molar-refractivity contribution in [3.8, 4) is 5.75 Å². The molecule has 0 saturated heterocycles. The second kappa shape index (κ2) is 4.83. The zero-order chi connectivity index (χ0) is 14.3. The van der Waals surface area contributed by atoms with Crippen molar-refractivity contribution in [3.05, 3.63) is 52.1 Å². The third-order valence-electron chi connectivity index (χ3n) is 3.15. The number of halogens is 1. The van der Waals surface area contributed by atoms with E-state index in [1.165, 1.54) is 0 Å². The summed E-state index contributed by atoms with van der Waals surface area (Å²) in [5.74, 6) is 0.977. The summed E-state index contributed by atoms with van der Waals surface area (Å²) in [4.78, 5) is 12.4. The third kappa shape index (κ3) is 2.04. The predicted molar refractivity (Wildman–Crippen MR) is 77.3 cm³/mol. The minimum absolute atomic E-state index is 0.242. The van der Waals surface area contributed by atoms with Gasteiger partial charge in [-0.05, 0) is 53.2 Å². The smallest absolute Gasteiger partial charge is 0.263 e. The van der Waals surface area contributed by atoms with Gasteiger partial charge in [0.05, 0.1) is 7.11 Å². The molecule has 2 aromatic heterocycles. The van der Waals surface area contributed by atoms with Crippen LogP contribution >= 0.6 is 15.9 Å². The SMILES string of the molecule is COc1ccc2oc(C(=O)c3ccc(Br)o3)c(C)c2c1. The van der Waals surface area contributed by atoms with E-state index in [2.05, 4.69) is 15.9 Å². The molecule has 0 bridgehead atoms. The van der Waals surface area contributed by atoms with Crippen LogP contribution < -0.4 is 4.74 Å². The Balaban J connectivity index is 2.12. The van der Waals surface area contributed by atoms with Crippen LogP contribution in [-0.2, 0) is 0 Å². The zero-order valence-corrected chi connectivity index (χ0v) is 12.5. The van der Waals surface area contributed by atoms with Crippen molar-refractivity contribution in [2.75, 3.05) is 7.11 Å². The molecule has 0 amide bonds. The topological polar surface area (TPSA) is 52.6 Å². The van der Waals surface area contributed by atoms with E-state index in [0.717, 1.165) is 16.7 Å². The number of ketones is 1. The van der Waals surface area contributed by atoms with Crippen LogP contribution in [0.1, 0.15) is 21.9 Å². The Morgan fingerprint density at radius 2 is 2.00 bits per heavy atom. The molecule has 1 aromatic carbocycles. The van der Waals surface area contributed by atoms with Gasteiger partial charge in [-0.25, -0.2) is 0 Å². The fourth-order valence-corrected chi connectivity index (χ4v) is 2.40. The number of benzene rings is 1. The van der Waals surface area contributed by atoms with Gasteiger partial charge >= 0.3 is 0 Å². The fraction of sp³-hybridized carbons (Fsp3) is 0.133. The van der Waals surface area contributed by atoms with Gasteiger partial charge in [-0.1, -0.05) is 0 Å². The molecule has 0 radical (unpaired) electrons. The van der Waals surface area contributed by atoms with Crippen LogP contribution in [0.3, 0.4) is 0 Å². The largest absolute Gasteiger partial charge is 0.497 e. The van der Waals surface area contributed by atoms with Gasteiger partial charge in [-0.3, -0.25) is 4.79 Å². The number of furan rings is 2. The van der Waals surface area contributed by atoms with Crippen LogP contribution in [0.4, 0.5) is 0 Å². The Kier molecular flexibility index (Phi) is 3.14. The van der Waals surface area contributed by atoms with Crippen LogP contribution in [0.2, 0.25) is 0 Å². The van der Waals surface area contributed by atoms with Crippen LogP contribution in [0, 0.1) is 6.92 Å². The number of rotatable bonds is 3. The van der Waals surface area contributed by atoms with E-state index in [0.29, 0.717) is 10.3 Å². The van der Waals surface area contributed by atoms with Gasteiger partial charge in [0.1, 0.15) is 11.3 Å². The van der Waals surface area contributed by atoms with Gasteiger partial charge in [0.2, 0.25) is 0 Å². The van der Waals surface area contributed by atoms with Crippen molar-refractivity contribution < 1.29 is 18.4 Å². The van der Waals surface area contributed by atoms with Gasteiger partial charge in [-0.15, -0.1) is 0 Å². The monoisotopic (exact) mass is 334 g/mol. The Bertz CT molecular complexity index is 797. The molecule has 3 rings (SSSR count). The Hall–Kier alpha value is -2.01. The van der Waals surface area contributed by atoms with Gasteiger partial charge in [-0.2, -0.15) is 0 Å². The molecule has 0 unspecified atom stereocenters. The normalized spacial score (nSPS) is 10.9. The summed E-state index contributed by atoms with van der Waals surface area (Å²) in [6.45, 7) is 1.84. The molecule has 4 nitrogen and oxygen atoms in total. The lowest BCUT2D eigenvalue weighted by Crippen LogP contribution is -1.99. The second-order valence-corrected chi connectivity index (χ2v) is 5.13. The molecule has 5 heteroatoms. The van der Waals surface area contributed by atoms with Crippen molar-refractivity contribution in [1.82, 2.24) is 0 Å². The van der Waals surface area contributed by atoms with Gasteiger partial charge in [0.25, 0.3) is 5.78 Å². The first-order valence-corrected chi connectivity index (χ1v) is 6.76. The molecule has 3 aromatic rings. The Labute approximate surface area is 123 Å².